The number of nitrogens with zero attached hydrogens (tertiary/aromatic N) is 4. The predicted molar refractivity (Wildman–Crippen MR) is 91.1 cm³/mol. The normalized spacial score (nSPS) is 26.5. The average Bonchev–Trinajstić information content (AvgIpc) is 2.95. The van der Waals surface area contributed by atoms with Crippen molar-refractivity contribution >= 4 is 0 Å². The van der Waals surface area contributed by atoms with E-state index in [2.05, 4.69) is 29.1 Å². The smallest absolute Gasteiger partial charge is 0.0849 e. The maximum atomic E-state index is 8.96. The molecule has 2 heterocycles. The van der Waals surface area contributed by atoms with E-state index in [-0.39, 0.29) is 6.61 Å². The highest BCUT2D eigenvalue weighted by Gasteiger charge is 2.33. The van der Waals surface area contributed by atoms with E-state index < -0.39 is 0 Å². The molecule has 1 aliphatic carbocycles. The van der Waals surface area contributed by atoms with Crippen LogP contribution < -0.4 is 0 Å². The predicted octanol–water partition coefficient (Wildman–Crippen LogP) is 2.49. The lowest BCUT2D eigenvalue weighted by Gasteiger charge is -2.44. The standard InChI is InChI=1S/C18H32N4O/c1-18(2)8-3-4-17(12-18)21-9-5-15(6-10-21)13-22-14-16(7-11-23)19-20-22/h14-15,17,23H,3-13H2,1-2H3/t17-/m0/s1. The van der Waals surface area contributed by atoms with E-state index in [1.165, 1.54) is 51.6 Å². The molecule has 2 aliphatic rings. The lowest BCUT2D eigenvalue weighted by molar-refractivity contribution is 0.0620. The molecule has 1 aromatic rings. The van der Waals surface area contributed by atoms with Crippen LogP contribution in [0.5, 0.6) is 0 Å². The zero-order chi connectivity index (χ0) is 16.3. The molecule has 130 valence electrons. The van der Waals surface area contributed by atoms with Crippen LogP contribution in [0.3, 0.4) is 0 Å². The Morgan fingerprint density at radius 2 is 2.04 bits per heavy atom. The quantitative estimate of drug-likeness (QED) is 0.905. The molecule has 0 unspecified atom stereocenters. The lowest BCUT2D eigenvalue weighted by Crippen LogP contribution is -2.45. The Morgan fingerprint density at radius 3 is 2.74 bits per heavy atom. The summed E-state index contributed by atoms with van der Waals surface area (Å²) >= 11 is 0. The zero-order valence-electron chi connectivity index (χ0n) is 14.7. The number of likely N-dealkylation sites (tertiary alicyclic amines) is 1. The van der Waals surface area contributed by atoms with E-state index >= 15 is 0 Å². The number of aliphatic hydroxyl groups excluding tert-OH is 1. The summed E-state index contributed by atoms with van der Waals surface area (Å²) in [6.07, 6.45) is 10.7. The van der Waals surface area contributed by atoms with Crippen LogP contribution in [-0.2, 0) is 13.0 Å². The van der Waals surface area contributed by atoms with Gasteiger partial charge in [0.1, 0.15) is 0 Å². The van der Waals surface area contributed by atoms with Gasteiger partial charge in [0.25, 0.3) is 0 Å². The molecule has 23 heavy (non-hydrogen) atoms. The third kappa shape index (κ3) is 4.54. The summed E-state index contributed by atoms with van der Waals surface area (Å²) in [6.45, 7) is 8.46. The van der Waals surface area contributed by atoms with Crippen LogP contribution in [0.2, 0.25) is 0 Å². The van der Waals surface area contributed by atoms with Crippen LogP contribution in [-0.4, -0.2) is 50.7 Å². The molecular formula is C18H32N4O. The van der Waals surface area contributed by atoms with Gasteiger partial charge in [-0.05, 0) is 56.5 Å². The van der Waals surface area contributed by atoms with Gasteiger partial charge >= 0.3 is 0 Å². The largest absolute Gasteiger partial charge is 0.396 e. The molecule has 1 N–H and O–H groups in total. The number of rotatable bonds is 5. The maximum absolute atomic E-state index is 8.96. The topological polar surface area (TPSA) is 54.2 Å². The fraction of sp³-hybridized carbons (Fsp3) is 0.889. The van der Waals surface area contributed by atoms with Crippen molar-refractivity contribution in [1.29, 1.82) is 0 Å². The van der Waals surface area contributed by atoms with Gasteiger partial charge in [-0.2, -0.15) is 0 Å². The second-order valence-corrected chi connectivity index (χ2v) is 8.30. The van der Waals surface area contributed by atoms with Crippen molar-refractivity contribution in [2.75, 3.05) is 19.7 Å². The van der Waals surface area contributed by atoms with Gasteiger partial charge in [-0.1, -0.05) is 25.5 Å². The van der Waals surface area contributed by atoms with E-state index in [1.807, 2.05) is 10.9 Å². The summed E-state index contributed by atoms with van der Waals surface area (Å²) in [4.78, 5) is 2.75. The monoisotopic (exact) mass is 320 g/mol. The summed E-state index contributed by atoms with van der Waals surface area (Å²) in [5.41, 5.74) is 1.43. The van der Waals surface area contributed by atoms with Crippen molar-refractivity contribution in [2.45, 2.75) is 71.4 Å². The van der Waals surface area contributed by atoms with E-state index in [0.29, 0.717) is 17.8 Å². The molecule has 5 nitrogen and oxygen atoms in total. The minimum Gasteiger partial charge on any atom is -0.396 e. The highest BCUT2D eigenvalue weighted by atomic mass is 16.3. The first kappa shape index (κ1) is 16.9. The van der Waals surface area contributed by atoms with Crippen molar-refractivity contribution in [1.82, 2.24) is 19.9 Å². The Labute approximate surface area is 140 Å². The molecule has 1 atom stereocenters. The Balaban J connectivity index is 1.46. The van der Waals surface area contributed by atoms with Gasteiger partial charge in [-0.15, -0.1) is 5.10 Å². The minimum absolute atomic E-state index is 0.148. The molecule has 0 aromatic carbocycles. The Morgan fingerprint density at radius 1 is 1.26 bits per heavy atom. The molecular weight excluding hydrogens is 288 g/mol. The van der Waals surface area contributed by atoms with Crippen molar-refractivity contribution < 1.29 is 5.11 Å². The Bertz CT molecular complexity index is 491. The maximum Gasteiger partial charge on any atom is 0.0849 e. The van der Waals surface area contributed by atoms with Crippen LogP contribution >= 0.6 is 0 Å². The Hall–Kier alpha value is -0.940. The second-order valence-electron chi connectivity index (χ2n) is 8.30. The molecule has 3 rings (SSSR count). The van der Waals surface area contributed by atoms with Crippen LogP contribution in [0.4, 0.5) is 0 Å². The van der Waals surface area contributed by atoms with Gasteiger partial charge in [-0.3, -0.25) is 4.68 Å². The van der Waals surface area contributed by atoms with Gasteiger partial charge in [0.05, 0.1) is 5.69 Å². The third-order valence-electron chi connectivity index (χ3n) is 5.74. The van der Waals surface area contributed by atoms with E-state index in [9.17, 15) is 0 Å². The lowest BCUT2D eigenvalue weighted by atomic mass is 9.74. The first-order chi connectivity index (χ1) is 11.1. The van der Waals surface area contributed by atoms with Gasteiger partial charge < -0.3 is 10.0 Å². The van der Waals surface area contributed by atoms with Crippen LogP contribution in [0.1, 0.15) is 58.1 Å². The molecule has 2 fully saturated rings. The van der Waals surface area contributed by atoms with E-state index in [0.717, 1.165) is 18.3 Å². The second kappa shape index (κ2) is 7.31. The van der Waals surface area contributed by atoms with E-state index in [4.69, 9.17) is 5.11 Å². The fourth-order valence-electron chi connectivity index (χ4n) is 4.39. The number of aromatic nitrogens is 3. The number of piperidine rings is 1. The molecule has 1 saturated carbocycles. The summed E-state index contributed by atoms with van der Waals surface area (Å²) in [6, 6.07) is 0.808. The van der Waals surface area contributed by atoms with Gasteiger partial charge in [0.2, 0.25) is 0 Å². The first-order valence-electron chi connectivity index (χ1n) is 9.30. The van der Waals surface area contributed by atoms with Crippen molar-refractivity contribution in [2.24, 2.45) is 11.3 Å². The number of hydrogen-bond acceptors (Lipinski definition) is 4. The number of hydrogen-bond donors (Lipinski definition) is 1. The molecule has 5 heteroatoms. The molecule has 0 spiro atoms. The van der Waals surface area contributed by atoms with Crippen LogP contribution in [0, 0.1) is 11.3 Å². The van der Waals surface area contributed by atoms with E-state index in [1.54, 1.807) is 0 Å². The first-order valence-corrected chi connectivity index (χ1v) is 9.30. The molecule has 1 saturated heterocycles. The molecule has 0 bridgehead atoms. The summed E-state index contributed by atoms with van der Waals surface area (Å²) in [5.74, 6) is 0.714. The molecule has 1 aliphatic heterocycles. The average molecular weight is 320 g/mol. The minimum atomic E-state index is 0.148. The summed E-state index contributed by atoms with van der Waals surface area (Å²) in [5, 5.41) is 17.3. The van der Waals surface area contributed by atoms with Gasteiger partial charge in [0, 0.05) is 31.8 Å². The van der Waals surface area contributed by atoms with Crippen molar-refractivity contribution in [3.8, 4) is 0 Å². The van der Waals surface area contributed by atoms with Crippen molar-refractivity contribution in [3.05, 3.63) is 11.9 Å². The highest BCUT2D eigenvalue weighted by Crippen LogP contribution is 2.38. The molecule has 1 aromatic heterocycles. The fourth-order valence-corrected chi connectivity index (χ4v) is 4.39. The molecule has 0 amide bonds. The van der Waals surface area contributed by atoms with Gasteiger partial charge in [-0.25, -0.2) is 0 Å². The van der Waals surface area contributed by atoms with Crippen LogP contribution in [0.15, 0.2) is 6.20 Å². The highest BCUT2D eigenvalue weighted by molar-refractivity contribution is 4.93. The summed E-state index contributed by atoms with van der Waals surface area (Å²) < 4.78 is 1.97. The van der Waals surface area contributed by atoms with Gasteiger partial charge in [0.15, 0.2) is 0 Å². The third-order valence-corrected chi connectivity index (χ3v) is 5.74. The van der Waals surface area contributed by atoms with Crippen molar-refractivity contribution in [3.63, 3.8) is 0 Å². The zero-order valence-corrected chi connectivity index (χ0v) is 14.7. The Kier molecular flexibility index (Phi) is 5.37. The number of aliphatic hydroxyl groups is 1. The van der Waals surface area contributed by atoms with Crippen LogP contribution in [0.25, 0.3) is 0 Å². The summed E-state index contributed by atoms with van der Waals surface area (Å²) in [7, 11) is 0. The molecule has 0 radical (unpaired) electrons. The SMILES string of the molecule is CC1(C)CCC[C@H](N2CCC(Cn3cc(CCO)nn3)CC2)C1.